The van der Waals surface area contributed by atoms with Crippen LogP contribution in [0.5, 0.6) is 0 Å². The first-order valence-electron chi connectivity index (χ1n) is 8.30. The molecule has 1 nitrogen and oxygen atoms in total. The van der Waals surface area contributed by atoms with Crippen LogP contribution in [0.3, 0.4) is 0 Å². The van der Waals surface area contributed by atoms with E-state index in [0.29, 0.717) is 5.92 Å². The minimum absolute atomic E-state index is 0.437. The fourth-order valence-electron chi connectivity index (χ4n) is 4.06. The van der Waals surface area contributed by atoms with Gasteiger partial charge in [-0.1, -0.05) is 41.9 Å². The van der Waals surface area contributed by atoms with Gasteiger partial charge in [0, 0.05) is 24.0 Å². The smallest absolute Gasteiger partial charge is 0.0441 e. The van der Waals surface area contributed by atoms with E-state index in [2.05, 4.69) is 42.3 Å². The average molecular weight is 312 g/mol. The molecule has 4 rings (SSSR count). The van der Waals surface area contributed by atoms with Crippen LogP contribution in [-0.2, 0) is 19.3 Å². The number of aryl methyl sites for hydroxylation is 2. The fourth-order valence-corrected chi connectivity index (χ4v) is 4.34. The number of likely N-dealkylation sites (N-methyl/N-ethyl adjacent to an activating group) is 1. The number of hydrogen-bond acceptors (Lipinski definition) is 1. The molecule has 0 aromatic heterocycles. The Hall–Kier alpha value is -1.31. The summed E-state index contributed by atoms with van der Waals surface area (Å²) in [6.45, 7) is 2.16. The highest BCUT2D eigenvalue weighted by molar-refractivity contribution is 6.31. The maximum atomic E-state index is 6.49. The topological polar surface area (TPSA) is 3.24 Å². The second-order valence-corrected chi connectivity index (χ2v) is 7.16. The number of rotatable bonds is 1. The second kappa shape index (κ2) is 5.72. The SMILES string of the molecule is CN1CCc2c(Cl)cccc2C(c2ccc3c(c2)CCC3)C1. The average Bonchev–Trinajstić information content (AvgIpc) is 2.91. The lowest BCUT2D eigenvalue weighted by atomic mass is 9.87. The van der Waals surface area contributed by atoms with Crippen LogP contribution in [0, 0.1) is 0 Å². The van der Waals surface area contributed by atoms with Gasteiger partial charge in [0.15, 0.2) is 0 Å². The zero-order valence-corrected chi connectivity index (χ0v) is 13.9. The Morgan fingerprint density at radius 3 is 2.82 bits per heavy atom. The van der Waals surface area contributed by atoms with Crippen molar-refractivity contribution in [2.45, 2.75) is 31.6 Å². The summed E-state index contributed by atoms with van der Waals surface area (Å²) < 4.78 is 0. The maximum Gasteiger partial charge on any atom is 0.0441 e. The molecule has 2 aromatic rings. The van der Waals surface area contributed by atoms with Crippen LogP contribution >= 0.6 is 11.6 Å². The van der Waals surface area contributed by atoms with Gasteiger partial charge in [0.1, 0.15) is 0 Å². The molecule has 2 aliphatic rings. The molecule has 1 aliphatic heterocycles. The molecule has 1 unspecified atom stereocenters. The third-order valence-corrected chi connectivity index (χ3v) is 5.65. The quantitative estimate of drug-likeness (QED) is 0.752. The van der Waals surface area contributed by atoms with Gasteiger partial charge >= 0.3 is 0 Å². The molecule has 2 heteroatoms. The first-order chi connectivity index (χ1) is 10.7. The summed E-state index contributed by atoms with van der Waals surface area (Å²) in [5.41, 5.74) is 7.34. The Kier molecular flexibility index (Phi) is 3.71. The van der Waals surface area contributed by atoms with Crippen LogP contribution in [0.15, 0.2) is 36.4 Å². The van der Waals surface area contributed by atoms with Gasteiger partial charge in [0.25, 0.3) is 0 Å². The molecule has 2 aromatic carbocycles. The van der Waals surface area contributed by atoms with E-state index in [-0.39, 0.29) is 0 Å². The van der Waals surface area contributed by atoms with E-state index in [0.717, 1.165) is 24.5 Å². The fraction of sp³-hybridized carbons (Fsp3) is 0.400. The molecule has 0 radical (unpaired) electrons. The van der Waals surface area contributed by atoms with E-state index in [1.807, 2.05) is 6.07 Å². The highest BCUT2D eigenvalue weighted by atomic mass is 35.5. The van der Waals surface area contributed by atoms with Gasteiger partial charge < -0.3 is 4.90 Å². The zero-order chi connectivity index (χ0) is 15.1. The molecular formula is C20H22ClN. The van der Waals surface area contributed by atoms with Crippen molar-refractivity contribution in [1.29, 1.82) is 0 Å². The lowest BCUT2D eigenvalue weighted by Gasteiger charge is -2.23. The number of hydrogen-bond donors (Lipinski definition) is 0. The molecule has 0 N–H and O–H groups in total. The van der Waals surface area contributed by atoms with Crippen LogP contribution in [-0.4, -0.2) is 25.0 Å². The summed E-state index contributed by atoms with van der Waals surface area (Å²) in [6, 6.07) is 13.6. The van der Waals surface area contributed by atoms with Gasteiger partial charge in [0.05, 0.1) is 0 Å². The third kappa shape index (κ3) is 2.47. The standard InChI is InChI=1S/C20H22ClN/c1-22-11-10-18-17(6-3-7-20(18)21)19(13-22)16-9-8-14-4-2-5-15(14)12-16/h3,6-9,12,19H,2,4-5,10-11,13H2,1H3. The van der Waals surface area contributed by atoms with Gasteiger partial charge in [-0.05, 0) is 66.6 Å². The number of benzene rings is 2. The normalized spacial score (nSPS) is 21.3. The minimum atomic E-state index is 0.437. The van der Waals surface area contributed by atoms with Crippen molar-refractivity contribution >= 4 is 11.6 Å². The molecule has 0 saturated heterocycles. The number of nitrogens with zero attached hydrogens (tertiary/aromatic N) is 1. The van der Waals surface area contributed by atoms with Crippen LogP contribution < -0.4 is 0 Å². The van der Waals surface area contributed by atoms with E-state index in [9.17, 15) is 0 Å². The van der Waals surface area contributed by atoms with E-state index >= 15 is 0 Å². The van der Waals surface area contributed by atoms with Gasteiger partial charge in [-0.15, -0.1) is 0 Å². The Labute approximate surface area is 137 Å². The monoisotopic (exact) mass is 311 g/mol. The van der Waals surface area contributed by atoms with Crippen molar-refractivity contribution in [3.63, 3.8) is 0 Å². The van der Waals surface area contributed by atoms with E-state index in [4.69, 9.17) is 11.6 Å². The molecule has 1 atom stereocenters. The molecule has 0 fully saturated rings. The van der Waals surface area contributed by atoms with Crippen molar-refractivity contribution in [3.8, 4) is 0 Å². The van der Waals surface area contributed by atoms with Crippen LogP contribution in [0.4, 0.5) is 0 Å². The Morgan fingerprint density at radius 1 is 1.05 bits per heavy atom. The molecule has 114 valence electrons. The Balaban J connectivity index is 1.81. The molecule has 0 saturated carbocycles. The third-order valence-electron chi connectivity index (χ3n) is 5.29. The largest absolute Gasteiger partial charge is 0.305 e. The molecule has 0 amide bonds. The van der Waals surface area contributed by atoms with Gasteiger partial charge in [-0.25, -0.2) is 0 Å². The first kappa shape index (κ1) is 14.3. The lowest BCUT2D eigenvalue weighted by molar-refractivity contribution is 0.338. The van der Waals surface area contributed by atoms with E-state index in [1.165, 1.54) is 36.0 Å². The number of halogens is 1. The molecular weight excluding hydrogens is 290 g/mol. The van der Waals surface area contributed by atoms with Crippen molar-refractivity contribution in [1.82, 2.24) is 4.90 Å². The summed E-state index contributed by atoms with van der Waals surface area (Å²) in [5, 5.41) is 0.930. The van der Waals surface area contributed by atoms with E-state index < -0.39 is 0 Å². The van der Waals surface area contributed by atoms with Gasteiger partial charge in [0.2, 0.25) is 0 Å². The summed E-state index contributed by atoms with van der Waals surface area (Å²) in [7, 11) is 2.22. The molecule has 0 spiro atoms. The second-order valence-electron chi connectivity index (χ2n) is 6.75. The summed E-state index contributed by atoms with van der Waals surface area (Å²) in [5.74, 6) is 0.437. The van der Waals surface area contributed by atoms with Crippen molar-refractivity contribution in [3.05, 3.63) is 69.2 Å². The molecule has 1 aliphatic carbocycles. The van der Waals surface area contributed by atoms with Crippen molar-refractivity contribution in [2.75, 3.05) is 20.1 Å². The highest BCUT2D eigenvalue weighted by Gasteiger charge is 2.25. The van der Waals surface area contributed by atoms with E-state index in [1.54, 1.807) is 11.1 Å². The predicted molar refractivity (Wildman–Crippen MR) is 93.0 cm³/mol. The maximum absolute atomic E-state index is 6.49. The Bertz CT molecular complexity index is 707. The van der Waals surface area contributed by atoms with Crippen LogP contribution in [0.2, 0.25) is 5.02 Å². The summed E-state index contributed by atoms with van der Waals surface area (Å²) in [6.07, 6.45) is 4.86. The minimum Gasteiger partial charge on any atom is -0.305 e. The van der Waals surface area contributed by atoms with Gasteiger partial charge in [-0.2, -0.15) is 0 Å². The zero-order valence-electron chi connectivity index (χ0n) is 13.1. The van der Waals surface area contributed by atoms with Crippen molar-refractivity contribution in [2.24, 2.45) is 0 Å². The summed E-state index contributed by atoms with van der Waals surface area (Å²) in [4.78, 5) is 2.44. The lowest BCUT2D eigenvalue weighted by Crippen LogP contribution is -2.24. The van der Waals surface area contributed by atoms with Crippen molar-refractivity contribution < 1.29 is 0 Å². The molecule has 1 heterocycles. The number of fused-ring (bicyclic) bond motifs is 2. The van der Waals surface area contributed by atoms with Crippen LogP contribution in [0.1, 0.15) is 40.2 Å². The summed E-state index contributed by atoms with van der Waals surface area (Å²) >= 11 is 6.49. The predicted octanol–water partition coefficient (Wildman–Crippen LogP) is 4.45. The van der Waals surface area contributed by atoms with Crippen LogP contribution in [0.25, 0.3) is 0 Å². The Morgan fingerprint density at radius 2 is 1.91 bits per heavy atom. The van der Waals surface area contributed by atoms with Gasteiger partial charge in [-0.3, -0.25) is 0 Å². The highest BCUT2D eigenvalue weighted by Crippen LogP contribution is 2.36. The molecule has 22 heavy (non-hydrogen) atoms. The first-order valence-corrected chi connectivity index (χ1v) is 8.67. The molecule has 0 bridgehead atoms.